The zero-order valence-corrected chi connectivity index (χ0v) is 24.0. The third-order valence-electron chi connectivity index (χ3n) is 6.87. The number of nitrogens with zero attached hydrogens (tertiary/aromatic N) is 6. The quantitative estimate of drug-likeness (QED) is 0.131. The van der Waals surface area contributed by atoms with Crippen molar-refractivity contribution in [1.29, 1.82) is 0 Å². The molecule has 0 radical (unpaired) electrons. The smallest absolute Gasteiger partial charge is 0.335 e. The molecule has 15 nitrogen and oxygen atoms in total. The molecular formula is C29H31N9O6. The second kappa shape index (κ2) is 12.3. The molecular weight excluding hydrogens is 570 g/mol. The summed E-state index contributed by atoms with van der Waals surface area (Å²) in [6, 6.07) is 9.23. The first-order valence-electron chi connectivity index (χ1n) is 13.7. The van der Waals surface area contributed by atoms with Crippen LogP contribution in [-0.2, 0) is 19.6 Å². The molecule has 0 aliphatic rings. The van der Waals surface area contributed by atoms with Gasteiger partial charge in [-0.2, -0.15) is 5.10 Å². The molecule has 5 aromatic rings. The van der Waals surface area contributed by atoms with Crippen LogP contribution in [0.4, 0.5) is 11.9 Å². The number of aromatic nitrogens is 6. The molecule has 5 rings (SSSR count). The number of hydrogen-bond acceptors (Lipinski definition) is 9. The summed E-state index contributed by atoms with van der Waals surface area (Å²) in [5, 5.41) is 25.9. The SMILES string of the molecule is CCn1nc(C)cc1C(=O)Nc1nc2cc(C(=O)O)ccc2n1C/C=C/Cn1c(N)nc2cc(C(N)=O)cc(OCCO)c21. The normalized spacial score (nSPS) is 11.5. The van der Waals surface area contributed by atoms with E-state index in [4.69, 9.17) is 16.2 Å². The number of primary amides is 1. The van der Waals surface area contributed by atoms with Crippen molar-refractivity contribution in [3.05, 3.63) is 71.1 Å². The third-order valence-corrected chi connectivity index (χ3v) is 6.87. The summed E-state index contributed by atoms with van der Waals surface area (Å²) >= 11 is 0. The van der Waals surface area contributed by atoms with Gasteiger partial charge in [-0.05, 0) is 50.2 Å². The number of nitrogens with one attached hydrogen (secondary N) is 1. The lowest BCUT2D eigenvalue weighted by atomic mass is 10.1. The zero-order chi connectivity index (χ0) is 31.5. The molecule has 0 spiro atoms. The van der Waals surface area contributed by atoms with Crippen LogP contribution < -0.4 is 21.5 Å². The van der Waals surface area contributed by atoms with E-state index < -0.39 is 17.8 Å². The summed E-state index contributed by atoms with van der Waals surface area (Å²) in [6.07, 6.45) is 3.66. The largest absolute Gasteiger partial charge is 0.489 e. The lowest BCUT2D eigenvalue weighted by Crippen LogP contribution is -2.19. The van der Waals surface area contributed by atoms with Gasteiger partial charge in [0.05, 0.1) is 34.4 Å². The number of nitrogen functional groups attached to an aromatic ring is 1. The first-order chi connectivity index (χ1) is 21.1. The number of rotatable bonds is 12. The number of carbonyl (C=O) groups excluding carboxylic acids is 2. The molecule has 0 saturated carbocycles. The van der Waals surface area contributed by atoms with Crippen molar-refractivity contribution in [3.63, 3.8) is 0 Å². The maximum absolute atomic E-state index is 13.2. The number of aliphatic hydroxyl groups is 1. The van der Waals surface area contributed by atoms with E-state index in [1.165, 1.54) is 24.3 Å². The Bertz CT molecular complexity index is 1930. The number of carboxylic acids is 1. The molecule has 228 valence electrons. The number of hydrogen-bond donors (Lipinski definition) is 5. The van der Waals surface area contributed by atoms with Crippen molar-refractivity contribution in [1.82, 2.24) is 28.9 Å². The number of carboxylic acid groups (broad SMARTS) is 1. The van der Waals surface area contributed by atoms with Crippen molar-refractivity contribution in [2.75, 3.05) is 24.3 Å². The van der Waals surface area contributed by atoms with Crippen molar-refractivity contribution in [3.8, 4) is 5.75 Å². The molecule has 3 heterocycles. The van der Waals surface area contributed by atoms with Gasteiger partial charge in [-0.25, -0.2) is 14.8 Å². The molecule has 0 saturated heterocycles. The molecule has 44 heavy (non-hydrogen) atoms. The highest BCUT2D eigenvalue weighted by molar-refractivity contribution is 6.03. The topological polar surface area (TPSA) is 218 Å². The van der Waals surface area contributed by atoms with Gasteiger partial charge < -0.3 is 35.6 Å². The fraction of sp³-hybridized carbons (Fsp3) is 0.241. The van der Waals surface area contributed by atoms with Crippen molar-refractivity contribution < 1.29 is 29.3 Å². The molecule has 0 aliphatic heterocycles. The first kappa shape index (κ1) is 29.8. The number of imidazole rings is 2. The molecule has 0 atom stereocenters. The maximum atomic E-state index is 13.2. The van der Waals surface area contributed by atoms with Crippen LogP contribution in [0.5, 0.6) is 5.75 Å². The number of benzene rings is 2. The molecule has 2 amide bonds. The number of aromatic carboxylic acids is 1. The molecule has 0 bridgehead atoms. The monoisotopic (exact) mass is 601 g/mol. The van der Waals surface area contributed by atoms with Crippen LogP contribution in [0.25, 0.3) is 22.1 Å². The van der Waals surface area contributed by atoms with Gasteiger partial charge in [-0.3, -0.25) is 19.6 Å². The van der Waals surface area contributed by atoms with Gasteiger partial charge in [0.2, 0.25) is 17.8 Å². The lowest BCUT2D eigenvalue weighted by molar-refractivity contribution is 0.0696. The van der Waals surface area contributed by atoms with Crippen molar-refractivity contribution >= 4 is 51.7 Å². The van der Waals surface area contributed by atoms with Crippen LogP contribution in [0.15, 0.2) is 48.6 Å². The molecule has 2 aromatic carbocycles. The summed E-state index contributed by atoms with van der Waals surface area (Å²) < 4.78 is 10.7. The second-order valence-corrected chi connectivity index (χ2v) is 9.83. The van der Waals surface area contributed by atoms with Gasteiger partial charge in [0, 0.05) is 25.2 Å². The minimum Gasteiger partial charge on any atom is -0.489 e. The number of ether oxygens (including phenoxy) is 1. The van der Waals surface area contributed by atoms with E-state index >= 15 is 0 Å². The molecule has 3 aromatic heterocycles. The van der Waals surface area contributed by atoms with E-state index in [-0.39, 0.29) is 49.3 Å². The average Bonchev–Trinajstić information content (AvgIpc) is 3.65. The fourth-order valence-corrected chi connectivity index (χ4v) is 4.88. The number of amides is 2. The molecule has 0 aliphatic carbocycles. The van der Waals surface area contributed by atoms with Gasteiger partial charge in [-0.1, -0.05) is 12.2 Å². The predicted octanol–water partition coefficient (Wildman–Crippen LogP) is 2.17. The van der Waals surface area contributed by atoms with Gasteiger partial charge in [0.1, 0.15) is 23.6 Å². The number of carbonyl (C=O) groups is 3. The summed E-state index contributed by atoms with van der Waals surface area (Å²) in [4.78, 5) is 45.5. The summed E-state index contributed by atoms with van der Waals surface area (Å²) in [5.41, 5.74) is 14.9. The van der Waals surface area contributed by atoms with E-state index in [0.717, 1.165) is 0 Å². The van der Waals surface area contributed by atoms with E-state index in [0.29, 0.717) is 45.7 Å². The van der Waals surface area contributed by atoms with Crippen LogP contribution in [0.2, 0.25) is 0 Å². The Balaban J connectivity index is 1.46. The van der Waals surface area contributed by atoms with Gasteiger partial charge >= 0.3 is 5.97 Å². The standard InChI is InChI=1S/C29H31N9O6/c1-3-38-22(12-16(2)35-38)26(41)34-29-33-19-13-17(27(42)43)6-7-21(19)36(29)8-4-5-9-37-24-20(32-28(37)31)14-18(25(30)40)15-23(24)44-11-10-39/h4-7,12-15,39H,3,8-11H2,1-2H3,(H2,30,40)(H2,31,32)(H,42,43)(H,33,34,41)/b5-4+. The Hall–Kier alpha value is -5.70. The second-order valence-electron chi connectivity index (χ2n) is 9.83. The van der Waals surface area contributed by atoms with Crippen LogP contribution in [-0.4, -0.2) is 70.1 Å². The van der Waals surface area contributed by atoms with Crippen LogP contribution in [0.3, 0.4) is 0 Å². The highest BCUT2D eigenvalue weighted by Crippen LogP contribution is 2.30. The minimum atomic E-state index is -1.09. The van der Waals surface area contributed by atoms with E-state index in [9.17, 15) is 24.6 Å². The predicted molar refractivity (Wildman–Crippen MR) is 162 cm³/mol. The van der Waals surface area contributed by atoms with Gasteiger partial charge in [-0.15, -0.1) is 0 Å². The zero-order valence-electron chi connectivity index (χ0n) is 24.0. The number of aliphatic hydroxyl groups excluding tert-OH is 1. The van der Waals surface area contributed by atoms with Gasteiger partial charge in [0.15, 0.2) is 0 Å². The van der Waals surface area contributed by atoms with Crippen LogP contribution in [0.1, 0.15) is 43.8 Å². The van der Waals surface area contributed by atoms with E-state index in [2.05, 4.69) is 20.4 Å². The van der Waals surface area contributed by atoms with Crippen molar-refractivity contribution in [2.45, 2.75) is 33.5 Å². The van der Waals surface area contributed by atoms with E-state index in [1.54, 1.807) is 32.9 Å². The third kappa shape index (κ3) is 5.80. The summed E-state index contributed by atoms with van der Waals surface area (Å²) in [6.45, 7) is 4.45. The number of allylic oxidation sites excluding steroid dienone is 2. The number of aryl methyl sites for hydroxylation is 2. The van der Waals surface area contributed by atoms with Crippen molar-refractivity contribution in [2.24, 2.45) is 5.73 Å². The Morgan fingerprint density at radius 3 is 2.43 bits per heavy atom. The number of fused-ring (bicyclic) bond motifs is 2. The Morgan fingerprint density at radius 2 is 1.75 bits per heavy atom. The Morgan fingerprint density at radius 1 is 1.02 bits per heavy atom. The highest BCUT2D eigenvalue weighted by atomic mass is 16.5. The van der Waals surface area contributed by atoms with Crippen LogP contribution >= 0.6 is 0 Å². The van der Waals surface area contributed by atoms with E-state index in [1.807, 2.05) is 19.1 Å². The Labute approximate surface area is 250 Å². The summed E-state index contributed by atoms with van der Waals surface area (Å²) in [7, 11) is 0. The Kier molecular flexibility index (Phi) is 8.30. The fourth-order valence-electron chi connectivity index (χ4n) is 4.88. The molecule has 15 heteroatoms. The lowest BCUT2D eigenvalue weighted by Gasteiger charge is -2.11. The molecule has 7 N–H and O–H groups in total. The van der Waals surface area contributed by atoms with Gasteiger partial charge in [0.25, 0.3) is 5.91 Å². The molecule has 0 fully saturated rings. The number of anilines is 2. The molecule has 0 unspecified atom stereocenters. The minimum absolute atomic E-state index is 0.0113. The number of nitrogens with two attached hydrogens (primary N) is 2. The highest BCUT2D eigenvalue weighted by Gasteiger charge is 2.19. The maximum Gasteiger partial charge on any atom is 0.335 e. The average molecular weight is 602 g/mol. The summed E-state index contributed by atoms with van der Waals surface area (Å²) in [5.74, 6) is -1.46. The van der Waals surface area contributed by atoms with Crippen LogP contribution in [0, 0.1) is 6.92 Å². The first-order valence-corrected chi connectivity index (χ1v) is 13.7.